The van der Waals surface area contributed by atoms with Crippen molar-refractivity contribution in [1.29, 1.82) is 0 Å². The lowest BCUT2D eigenvalue weighted by molar-refractivity contribution is -0.143. The van der Waals surface area contributed by atoms with Crippen LogP contribution in [0.2, 0.25) is 0 Å². The molecule has 8 heteroatoms. The van der Waals surface area contributed by atoms with E-state index in [4.69, 9.17) is 4.74 Å². The third-order valence-electron chi connectivity index (χ3n) is 5.84. The van der Waals surface area contributed by atoms with E-state index in [-0.39, 0.29) is 18.2 Å². The molecule has 0 bridgehead atoms. The van der Waals surface area contributed by atoms with E-state index in [0.717, 1.165) is 37.1 Å². The lowest BCUT2D eigenvalue weighted by atomic mass is 9.80. The highest BCUT2D eigenvalue weighted by molar-refractivity contribution is 5.35. The molecule has 1 unspecified atom stereocenters. The van der Waals surface area contributed by atoms with Crippen LogP contribution in [-0.4, -0.2) is 13.2 Å². The maximum Gasteiger partial charge on any atom is 0.416 e. The standard InChI is InChI=1S/C23H25F6NO/c1-15-8-9-21(30-13-15,18-6-4-3-5-7-18)14-31-16(2)17-10-19(22(24,25)26)12-20(11-17)23(27,28)29/h3-7,10-12,15-16,30H,8-9,13-14H2,1-2H3/t15?,16-,21-/m1/s1. The molecule has 0 spiro atoms. The molecule has 3 rings (SSSR count). The molecule has 2 aromatic rings. The number of hydrogen-bond acceptors (Lipinski definition) is 2. The molecule has 0 aromatic heterocycles. The summed E-state index contributed by atoms with van der Waals surface area (Å²) in [4.78, 5) is 0. The molecule has 3 atom stereocenters. The number of rotatable bonds is 5. The van der Waals surface area contributed by atoms with Crippen LogP contribution in [0.4, 0.5) is 26.3 Å². The summed E-state index contributed by atoms with van der Waals surface area (Å²) in [7, 11) is 0. The molecule has 1 aliphatic heterocycles. The Morgan fingerprint density at radius 2 is 1.58 bits per heavy atom. The van der Waals surface area contributed by atoms with E-state index in [1.165, 1.54) is 6.92 Å². The van der Waals surface area contributed by atoms with Gasteiger partial charge in [-0.15, -0.1) is 0 Å². The summed E-state index contributed by atoms with van der Waals surface area (Å²) >= 11 is 0. The molecule has 1 aliphatic rings. The van der Waals surface area contributed by atoms with Crippen LogP contribution in [0, 0.1) is 5.92 Å². The number of benzene rings is 2. The molecule has 0 aliphatic carbocycles. The number of ether oxygens (including phenoxy) is 1. The number of halogens is 6. The molecule has 1 N–H and O–H groups in total. The summed E-state index contributed by atoms with van der Waals surface area (Å²) < 4.78 is 85.0. The first-order chi connectivity index (χ1) is 14.4. The molecule has 1 heterocycles. The van der Waals surface area contributed by atoms with E-state index >= 15 is 0 Å². The first-order valence-corrected chi connectivity index (χ1v) is 10.1. The van der Waals surface area contributed by atoms with E-state index in [0.29, 0.717) is 5.92 Å². The van der Waals surface area contributed by atoms with Crippen LogP contribution >= 0.6 is 0 Å². The molecular formula is C23H25F6NO. The number of alkyl halides is 6. The van der Waals surface area contributed by atoms with Gasteiger partial charge in [0.1, 0.15) is 0 Å². The second-order valence-electron chi connectivity index (χ2n) is 8.27. The summed E-state index contributed by atoms with van der Waals surface area (Å²) in [5.74, 6) is 0.465. The Morgan fingerprint density at radius 1 is 1.00 bits per heavy atom. The number of piperidine rings is 1. The highest BCUT2D eigenvalue weighted by Crippen LogP contribution is 2.39. The summed E-state index contributed by atoms with van der Waals surface area (Å²) in [6.07, 6.45) is -9.04. The molecule has 31 heavy (non-hydrogen) atoms. The highest BCUT2D eigenvalue weighted by atomic mass is 19.4. The fraction of sp³-hybridized carbons (Fsp3) is 0.478. The van der Waals surface area contributed by atoms with E-state index < -0.39 is 35.1 Å². The third kappa shape index (κ3) is 5.60. The minimum atomic E-state index is -4.89. The van der Waals surface area contributed by atoms with E-state index in [9.17, 15) is 26.3 Å². The predicted molar refractivity (Wildman–Crippen MR) is 105 cm³/mol. The zero-order valence-corrected chi connectivity index (χ0v) is 17.3. The fourth-order valence-electron chi connectivity index (χ4n) is 3.84. The van der Waals surface area contributed by atoms with Gasteiger partial charge in [0.25, 0.3) is 0 Å². The van der Waals surface area contributed by atoms with Crippen molar-refractivity contribution >= 4 is 0 Å². The maximum absolute atomic E-state index is 13.2. The van der Waals surface area contributed by atoms with Crippen LogP contribution in [0.3, 0.4) is 0 Å². The Labute approximate surface area is 177 Å². The normalized spacial score (nSPS) is 23.5. The van der Waals surface area contributed by atoms with Gasteiger partial charge < -0.3 is 10.1 Å². The number of hydrogen-bond donors (Lipinski definition) is 1. The van der Waals surface area contributed by atoms with Crippen LogP contribution in [0.1, 0.15) is 55.0 Å². The van der Waals surface area contributed by atoms with E-state index in [1.807, 2.05) is 30.3 Å². The van der Waals surface area contributed by atoms with Gasteiger partial charge in [-0.3, -0.25) is 0 Å². The molecule has 0 radical (unpaired) electrons. The van der Waals surface area contributed by atoms with Gasteiger partial charge in [-0.1, -0.05) is 37.3 Å². The number of nitrogens with one attached hydrogen (secondary N) is 1. The molecule has 1 fully saturated rings. The van der Waals surface area contributed by atoms with E-state index in [2.05, 4.69) is 12.2 Å². The van der Waals surface area contributed by atoms with Crippen LogP contribution in [0.25, 0.3) is 0 Å². The van der Waals surface area contributed by atoms with Gasteiger partial charge >= 0.3 is 12.4 Å². The Hall–Kier alpha value is -2.06. The molecule has 0 saturated carbocycles. The van der Waals surface area contributed by atoms with Crippen molar-refractivity contribution in [2.75, 3.05) is 13.2 Å². The van der Waals surface area contributed by atoms with Crippen molar-refractivity contribution in [2.45, 2.75) is 50.7 Å². The van der Waals surface area contributed by atoms with Crippen molar-refractivity contribution in [1.82, 2.24) is 5.32 Å². The van der Waals surface area contributed by atoms with Crippen LogP contribution in [-0.2, 0) is 22.6 Å². The maximum atomic E-state index is 13.2. The first-order valence-electron chi connectivity index (χ1n) is 10.1. The van der Waals surface area contributed by atoms with Gasteiger partial charge in [-0.05, 0) is 61.6 Å². The van der Waals surface area contributed by atoms with Gasteiger partial charge in [0.15, 0.2) is 0 Å². The van der Waals surface area contributed by atoms with Crippen molar-refractivity contribution in [3.8, 4) is 0 Å². The smallest absolute Gasteiger partial charge is 0.372 e. The van der Waals surface area contributed by atoms with E-state index in [1.54, 1.807) is 0 Å². The van der Waals surface area contributed by atoms with Crippen LogP contribution < -0.4 is 5.32 Å². The SMILES string of the molecule is CC1CC[C@@](CO[C@H](C)c2cc(C(F)(F)F)cc(C(F)(F)F)c2)(c2ccccc2)NC1. The molecule has 0 amide bonds. The Kier molecular flexibility index (Phi) is 6.72. The van der Waals surface area contributed by atoms with Gasteiger partial charge in [-0.25, -0.2) is 0 Å². The molecule has 2 nitrogen and oxygen atoms in total. The highest BCUT2D eigenvalue weighted by Gasteiger charge is 2.39. The summed E-state index contributed by atoms with van der Waals surface area (Å²) in [6.45, 7) is 4.46. The third-order valence-corrected chi connectivity index (χ3v) is 5.84. The second kappa shape index (κ2) is 8.82. The fourth-order valence-corrected chi connectivity index (χ4v) is 3.84. The van der Waals surface area contributed by atoms with Gasteiger partial charge in [0.2, 0.25) is 0 Å². The minimum absolute atomic E-state index is 0.127. The molecular weight excluding hydrogens is 420 g/mol. The summed E-state index contributed by atoms with van der Waals surface area (Å²) in [5, 5.41) is 3.49. The summed E-state index contributed by atoms with van der Waals surface area (Å²) in [6, 6.07) is 11.1. The van der Waals surface area contributed by atoms with Gasteiger partial charge in [-0.2, -0.15) is 26.3 Å². The largest absolute Gasteiger partial charge is 0.416 e. The predicted octanol–water partition coefficient (Wildman–Crippen LogP) is 6.72. The van der Waals surface area contributed by atoms with Crippen LogP contribution in [0.15, 0.2) is 48.5 Å². The topological polar surface area (TPSA) is 21.3 Å². The molecule has 2 aromatic carbocycles. The lowest BCUT2D eigenvalue weighted by Crippen LogP contribution is -2.51. The van der Waals surface area contributed by atoms with Crippen molar-refractivity contribution in [2.24, 2.45) is 5.92 Å². The lowest BCUT2D eigenvalue weighted by Gasteiger charge is -2.41. The van der Waals surface area contributed by atoms with Gasteiger partial charge in [0.05, 0.1) is 29.4 Å². The Morgan fingerprint density at radius 3 is 2.06 bits per heavy atom. The zero-order chi connectivity index (χ0) is 22.9. The molecule has 1 saturated heterocycles. The second-order valence-corrected chi connectivity index (χ2v) is 8.27. The quantitative estimate of drug-likeness (QED) is 0.516. The van der Waals surface area contributed by atoms with Crippen LogP contribution in [0.5, 0.6) is 0 Å². The summed E-state index contributed by atoms with van der Waals surface area (Å²) in [5.41, 5.74) is -2.40. The zero-order valence-electron chi connectivity index (χ0n) is 17.3. The van der Waals surface area contributed by atoms with Crippen molar-refractivity contribution in [3.05, 3.63) is 70.8 Å². The first kappa shape index (κ1) is 23.6. The average molecular weight is 445 g/mol. The molecule has 170 valence electrons. The monoisotopic (exact) mass is 445 g/mol. The average Bonchev–Trinajstić information content (AvgIpc) is 2.72. The minimum Gasteiger partial charge on any atom is -0.372 e. The Balaban J connectivity index is 1.87. The van der Waals surface area contributed by atoms with Crippen molar-refractivity contribution in [3.63, 3.8) is 0 Å². The van der Waals surface area contributed by atoms with Crippen molar-refractivity contribution < 1.29 is 31.1 Å². The van der Waals surface area contributed by atoms with Gasteiger partial charge in [0, 0.05) is 0 Å². The Bertz CT molecular complexity index is 838.